The molecule has 4 nitrogen and oxygen atoms in total. The number of methoxy groups -OCH3 is 1. The zero-order valence-corrected chi connectivity index (χ0v) is 16.1. The Kier molecular flexibility index (Phi) is 6.17. The number of carbonyl (C=O) groups excluding carboxylic acids is 1. The highest BCUT2D eigenvalue weighted by Crippen LogP contribution is 2.28. The predicted octanol–water partition coefficient (Wildman–Crippen LogP) is 4.83. The Labute approximate surface area is 160 Å². The molecule has 1 N–H and O–H groups in total. The van der Waals surface area contributed by atoms with Gasteiger partial charge in [0.25, 0.3) is 5.91 Å². The Morgan fingerprint density at radius 3 is 2.73 bits per heavy atom. The second kappa shape index (κ2) is 8.56. The van der Waals surface area contributed by atoms with E-state index in [0.717, 1.165) is 25.6 Å². The normalized spacial score (nSPS) is 17.7. The number of likely N-dealkylation sites (tertiary alicyclic amines) is 1. The molecular formula is C21H25ClN2O2. The number of rotatable bonds is 5. The first-order chi connectivity index (χ1) is 12.5. The third-order valence-electron chi connectivity index (χ3n) is 4.77. The standard InChI is InChI=1S/C21H25ClN2O2/c1-15-4-3-11-24(13-15)14-16-5-7-17(8-6-16)21(25)23-19-12-18(22)9-10-20(19)26-2/h5-10,12,15H,3-4,11,13-14H2,1-2H3,(H,23,25)/t15-/m1/s1. The maximum atomic E-state index is 12.5. The molecule has 2 aromatic carbocycles. The molecule has 0 aliphatic carbocycles. The summed E-state index contributed by atoms with van der Waals surface area (Å²) in [6, 6.07) is 13.0. The van der Waals surface area contributed by atoms with E-state index in [2.05, 4.69) is 17.1 Å². The van der Waals surface area contributed by atoms with Gasteiger partial charge in [0.15, 0.2) is 0 Å². The van der Waals surface area contributed by atoms with Gasteiger partial charge in [-0.1, -0.05) is 30.7 Å². The van der Waals surface area contributed by atoms with Crippen LogP contribution in [0.2, 0.25) is 5.02 Å². The third-order valence-corrected chi connectivity index (χ3v) is 5.01. The number of hydrogen-bond acceptors (Lipinski definition) is 3. The molecule has 1 saturated heterocycles. The van der Waals surface area contributed by atoms with Crippen molar-refractivity contribution in [3.05, 3.63) is 58.6 Å². The Balaban J connectivity index is 1.64. The first kappa shape index (κ1) is 18.7. The first-order valence-electron chi connectivity index (χ1n) is 9.01. The minimum atomic E-state index is -0.177. The smallest absolute Gasteiger partial charge is 0.255 e. The van der Waals surface area contributed by atoms with Gasteiger partial charge in [-0.05, 0) is 61.2 Å². The van der Waals surface area contributed by atoms with E-state index in [4.69, 9.17) is 16.3 Å². The summed E-state index contributed by atoms with van der Waals surface area (Å²) >= 11 is 6.02. The van der Waals surface area contributed by atoms with Crippen molar-refractivity contribution in [1.82, 2.24) is 4.90 Å². The molecule has 0 spiro atoms. The fourth-order valence-electron chi connectivity index (χ4n) is 3.42. The number of ether oxygens (including phenoxy) is 1. The molecule has 1 aliphatic heterocycles. The van der Waals surface area contributed by atoms with E-state index in [-0.39, 0.29) is 5.91 Å². The second-order valence-corrected chi connectivity index (χ2v) is 7.41. The molecule has 0 aromatic heterocycles. The van der Waals surface area contributed by atoms with Crippen molar-refractivity contribution in [2.24, 2.45) is 5.92 Å². The molecule has 1 amide bonds. The summed E-state index contributed by atoms with van der Waals surface area (Å²) in [6.45, 7) is 5.55. The largest absolute Gasteiger partial charge is 0.495 e. The lowest BCUT2D eigenvalue weighted by Crippen LogP contribution is -2.33. The lowest BCUT2D eigenvalue weighted by atomic mass is 9.99. The monoisotopic (exact) mass is 372 g/mol. The number of halogens is 1. The molecular weight excluding hydrogens is 348 g/mol. The number of benzene rings is 2. The predicted molar refractivity (Wildman–Crippen MR) is 106 cm³/mol. The van der Waals surface area contributed by atoms with Crippen LogP contribution < -0.4 is 10.1 Å². The van der Waals surface area contributed by atoms with Crippen molar-refractivity contribution in [2.75, 3.05) is 25.5 Å². The van der Waals surface area contributed by atoms with Crippen molar-refractivity contribution < 1.29 is 9.53 Å². The highest BCUT2D eigenvalue weighted by Gasteiger charge is 2.16. The first-order valence-corrected chi connectivity index (χ1v) is 9.39. The highest BCUT2D eigenvalue weighted by atomic mass is 35.5. The molecule has 3 rings (SSSR count). The Morgan fingerprint density at radius 1 is 1.27 bits per heavy atom. The SMILES string of the molecule is COc1ccc(Cl)cc1NC(=O)c1ccc(CN2CCC[C@@H](C)C2)cc1. The lowest BCUT2D eigenvalue weighted by molar-refractivity contribution is 0.102. The van der Waals surface area contributed by atoms with Gasteiger partial charge in [0.1, 0.15) is 5.75 Å². The van der Waals surface area contributed by atoms with Crippen molar-refractivity contribution >= 4 is 23.2 Å². The molecule has 5 heteroatoms. The summed E-state index contributed by atoms with van der Waals surface area (Å²) < 4.78 is 5.27. The number of amides is 1. The fourth-order valence-corrected chi connectivity index (χ4v) is 3.59. The van der Waals surface area contributed by atoms with Gasteiger partial charge in [-0.2, -0.15) is 0 Å². The molecule has 0 unspecified atom stereocenters. The summed E-state index contributed by atoms with van der Waals surface area (Å²) in [7, 11) is 1.56. The van der Waals surface area contributed by atoms with E-state index in [1.807, 2.05) is 24.3 Å². The number of anilines is 1. The fraction of sp³-hybridized carbons (Fsp3) is 0.381. The lowest BCUT2D eigenvalue weighted by Gasteiger charge is -2.30. The highest BCUT2D eigenvalue weighted by molar-refractivity contribution is 6.31. The maximum Gasteiger partial charge on any atom is 0.255 e. The van der Waals surface area contributed by atoms with Crippen molar-refractivity contribution in [1.29, 1.82) is 0 Å². The van der Waals surface area contributed by atoms with Crippen LogP contribution in [0.1, 0.15) is 35.7 Å². The van der Waals surface area contributed by atoms with Crippen molar-refractivity contribution in [2.45, 2.75) is 26.3 Å². The molecule has 1 atom stereocenters. The number of nitrogens with one attached hydrogen (secondary N) is 1. The van der Waals surface area contributed by atoms with Crippen LogP contribution in [0.3, 0.4) is 0 Å². The topological polar surface area (TPSA) is 41.6 Å². The molecule has 1 heterocycles. The van der Waals surface area contributed by atoms with Crippen LogP contribution in [0.4, 0.5) is 5.69 Å². The van der Waals surface area contributed by atoms with Gasteiger partial charge in [0, 0.05) is 23.7 Å². The molecule has 0 bridgehead atoms. The average Bonchev–Trinajstić information content (AvgIpc) is 2.62. The Morgan fingerprint density at radius 2 is 2.04 bits per heavy atom. The number of nitrogens with zero attached hydrogens (tertiary/aromatic N) is 1. The molecule has 0 radical (unpaired) electrons. The van der Waals surface area contributed by atoms with E-state index < -0.39 is 0 Å². The van der Waals surface area contributed by atoms with Gasteiger partial charge in [0.2, 0.25) is 0 Å². The Bertz CT molecular complexity index is 761. The summed E-state index contributed by atoms with van der Waals surface area (Å²) in [4.78, 5) is 15.0. The minimum absolute atomic E-state index is 0.177. The van der Waals surface area contributed by atoms with Gasteiger partial charge in [-0.3, -0.25) is 9.69 Å². The molecule has 1 aliphatic rings. The minimum Gasteiger partial charge on any atom is -0.495 e. The zero-order chi connectivity index (χ0) is 18.5. The summed E-state index contributed by atoms with van der Waals surface area (Å²) in [5, 5.41) is 3.41. The third kappa shape index (κ3) is 4.77. The molecule has 0 saturated carbocycles. The van der Waals surface area contributed by atoms with E-state index in [1.165, 1.54) is 18.4 Å². The van der Waals surface area contributed by atoms with Crippen LogP contribution in [0, 0.1) is 5.92 Å². The van der Waals surface area contributed by atoms with Crippen molar-refractivity contribution in [3.8, 4) is 5.75 Å². The zero-order valence-electron chi connectivity index (χ0n) is 15.3. The van der Waals surface area contributed by atoms with Crippen LogP contribution >= 0.6 is 11.6 Å². The average molecular weight is 373 g/mol. The number of carbonyl (C=O) groups is 1. The van der Waals surface area contributed by atoms with Crippen LogP contribution in [0.15, 0.2) is 42.5 Å². The molecule has 1 fully saturated rings. The quantitative estimate of drug-likeness (QED) is 0.817. The maximum absolute atomic E-state index is 12.5. The van der Waals surface area contributed by atoms with Crippen LogP contribution in [0.5, 0.6) is 5.75 Å². The summed E-state index contributed by atoms with van der Waals surface area (Å²) in [5.74, 6) is 1.17. The van der Waals surface area contributed by atoms with E-state index >= 15 is 0 Å². The van der Waals surface area contributed by atoms with Crippen molar-refractivity contribution in [3.63, 3.8) is 0 Å². The van der Waals surface area contributed by atoms with Gasteiger partial charge < -0.3 is 10.1 Å². The molecule has 138 valence electrons. The van der Waals surface area contributed by atoms with Gasteiger partial charge in [-0.25, -0.2) is 0 Å². The van der Waals surface area contributed by atoms with Gasteiger partial charge >= 0.3 is 0 Å². The van der Waals surface area contributed by atoms with E-state index in [9.17, 15) is 4.79 Å². The summed E-state index contributed by atoms with van der Waals surface area (Å²) in [5.41, 5.74) is 2.41. The van der Waals surface area contributed by atoms with E-state index in [0.29, 0.717) is 22.0 Å². The van der Waals surface area contributed by atoms with Crippen LogP contribution in [-0.2, 0) is 6.54 Å². The number of piperidine rings is 1. The second-order valence-electron chi connectivity index (χ2n) is 6.98. The summed E-state index contributed by atoms with van der Waals surface area (Å²) in [6.07, 6.45) is 2.59. The van der Waals surface area contributed by atoms with E-state index in [1.54, 1.807) is 25.3 Å². The van der Waals surface area contributed by atoms with Crippen LogP contribution in [0.25, 0.3) is 0 Å². The molecule has 26 heavy (non-hydrogen) atoms. The Hall–Kier alpha value is -2.04. The van der Waals surface area contributed by atoms with Crippen LogP contribution in [-0.4, -0.2) is 31.0 Å². The number of hydrogen-bond donors (Lipinski definition) is 1. The van der Waals surface area contributed by atoms with Gasteiger partial charge in [-0.15, -0.1) is 0 Å². The van der Waals surface area contributed by atoms with Gasteiger partial charge in [0.05, 0.1) is 12.8 Å². The molecule has 2 aromatic rings.